The molecule has 90 valence electrons. The van der Waals surface area contributed by atoms with E-state index in [1.807, 2.05) is 11.3 Å². The van der Waals surface area contributed by atoms with Gasteiger partial charge in [-0.1, -0.05) is 0 Å². The van der Waals surface area contributed by atoms with Gasteiger partial charge in [0.15, 0.2) is 0 Å². The van der Waals surface area contributed by atoms with Crippen LogP contribution in [0.4, 0.5) is 0 Å². The first-order valence-corrected chi connectivity index (χ1v) is 7.54. The summed E-state index contributed by atoms with van der Waals surface area (Å²) in [6.45, 7) is 7.88. The fourth-order valence-corrected chi connectivity index (χ4v) is 3.49. The molecular weight excluding hydrogens is 282 g/mol. The minimum atomic E-state index is 0.242. The number of nitrogens with one attached hydrogen (secondary N) is 1. The van der Waals surface area contributed by atoms with E-state index in [4.69, 9.17) is 0 Å². The zero-order valence-electron chi connectivity index (χ0n) is 10.3. The maximum atomic E-state index is 3.64. The van der Waals surface area contributed by atoms with Gasteiger partial charge in [0, 0.05) is 26.8 Å². The molecule has 1 aliphatic rings. The summed E-state index contributed by atoms with van der Waals surface area (Å²) in [5.74, 6) is 0. The van der Waals surface area contributed by atoms with E-state index in [1.165, 1.54) is 28.6 Å². The summed E-state index contributed by atoms with van der Waals surface area (Å²) < 4.78 is 1.23. The van der Waals surface area contributed by atoms with Crippen molar-refractivity contribution in [3.8, 4) is 0 Å². The summed E-state index contributed by atoms with van der Waals surface area (Å²) >= 11 is 5.40. The van der Waals surface area contributed by atoms with E-state index < -0.39 is 0 Å². The first-order valence-electron chi connectivity index (χ1n) is 5.87. The fraction of sp³-hybridized carbons (Fsp3) is 0.692. The quantitative estimate of drug-likeness (QED) is 0.878. The molecule has 2 rings (SSSR count). The van der Waals surface area contributed by atoms with Gasteiger partial charge in [-0.2, -0.15) is 0 Å². The minimum absolute atomic E-state index is 0.242. The average molecular weight is 302 g/mol. The van der Waals surface area contributed by atoms with Gasteiger partial charge in [0.25, 0.3) is 0 Å². The standard InChI is InChI=1S/C13H20BrNS/c1-12(2,3)15-9-13(4-5-13)7-11-6-10(14)8-16-11/h6,8,15H,4-5,7,9H2,1-3H3. The van der Waals surface area contributed by atoms with Gasteiger partial charge in [0.2, 0.25) is 0 Å². The zero-order valence-corrected chi connectivity index (χ0v) is 12.7. The molecule has 1 fully saturated rings. The van der Waals surface area contributed by atoms with Crippen LogP contribution in [-0.4, -0.2) is 12.1 Å². The lowest BCUT2D eigenvalue weighted by Crippen LogP contribution is -2.40. The number of hydrogen-bond donors (Lipinski definition) is 1. The Labute approximate surface area is 111 Å². The van der Waals surface area contributed by atoms with Crippen molar-refractivity contribution in [1.29, 1.82) is 0 Å². The molecule has 0 atom stereocenters. The maximum absolute atomic E-state index is 3.64. The van der Waals surface area contributed by atoms with E-state index >= 15 is 0 Å². The lowest BCUT2D eigenvalue weighted by molar-refractivity contribution is 0.357. The van der Waals surface area contributed by atoms with Crippen LogP contribution < -0.4 is 5.32 Å². The van der Waals surface area contributed by atoms with E-state index in [9.17, 15) is 0 Å². The Kier molecular flexibility index (Phi) is 3.49. The topological polar surface area (TPSA) is 12.0 Å². The molecule has 1 aliphatic carbocycles. The minimum Gasteiger partial charge on any atom is -0.312 e. The largest absolute Gasteiger partial charge is 0.312 e. The highest BCUT2D eigenvalue weighted by Crippen LogP contribution is 2.49. The Morgan fingerprint density at radius 3 is 2.56 bits per heavy atom. The fourth-order valence-electron chi connectivity index (χ4n) is 1.86. The van der Waals surface area contributed by atoms with Gasteiger partial charge in [-0.3, -0.25) is 0 Å². The molecule has 0 amide bonds. The molecule has 0 aliphatic heterocycles. The number of rotatable bonds is 4. The van der Waals surface area contributed by atoms with E-state index in [0.717, 1.165) is 6.54 Å². The van der Waals surface area contributed by atoms with E-state index in [2.05, 4.69) is 53.5 Å². The number of thiophene rings is 1. The molecule has 1 saturated carbocycles. The molecule has 1 N–H and O–H groups in total. The van der Waals surface area contributed by atoms with Crippen LogP contribution in [0.25, 0.3) is 0 Å². The SMILES string of the molecule is CC(C)(C)NCC1(Cc2cc(Br)cs2)CC1. The third kappa shape index (κ3) is 3.57. The predicted molar refractivity (Wildman–Crippen MR) is 75.1 cm³/mol. The van der Waals surface area contributed by atoms with Gasteiger partial charge in [-0.15, -0.1) is 11.3 Å². The highest BCUT2D eigenvalue weighted by Gasteiger charge is 2.42. The Bertz CT molecular complexity index is 360. The van der Waals surface area contributed by atoms with Crippen molar-refractivity contribution < 1.29 is 0 Å². The van der Waals surface area contributed by atoms with Crippen molar-refractivity contribution in [3.05, 3.63) is 20.8 Å². The first-order chi connectivity index (χ1) is 7.39. The molecule has 1 heterocycles. The van der Waals surface area contributed by atoms with Crippen molar-refractivity contribution in [2.45, 2.75) is 45.6 Å². The second-order valence-corrected chi connectivity index (χ2v) is 7.92. The van der Waals surface area contributed by atoms with Crippen LogP contribution in [0.5, 0.6) is 0 Å². The van der Waals surface area contributed by atoms with Crippen LogP contribution >= 0.6 is 27.3 Å². The van der Waals surface area contributed by atoms with Crippen molar-refractivity contribution in [1.82, 2.24) is 5.32 Å². The highest BCUT2D eigenvalue weighted by molar-refractivity contribution is 9.10. The summed E-state index contributed by atoms with van der Waals surface area (Å²) in [5.41, 5.74) is 0.795. The van der Waals surface area contributed by atoms with Crippen molar-refractivity contribution in [2.75, 3.05) is 6.54 Å². The van der Waals surface area contributed by atoms with Crippen LogP contribution in [-0.2, 0) is 6.42 Å². The van der Waals surface area contributed by atoms with Crippen LogP contribution in [0, 0.1) is 5.41 Å². The third-order valence-corrected chi connectivity index (χ3v) is 4.82. The molecule has 1 aromatic rings. The summed E-state index contributed by atoms with van der Waals surface area (Å²) in [6.07, 6.45) is 4.00. The first kappa shape index (κ1) is 12.6. The monoisotopic (exact) mass is 301 g/mol. The number of hydrogen-bond acceptors (Lipinski definition) is 2. The Hall–Kier alpha value is 0.140. The molecule has 1 aromatic heterocycles. The van der Waals surface area contributed by atoms with Gasteiger partial charge in [0.1, 0.15) is 0 Å². The summed E-state index contributed by atoms with van der Waals surface area (Å²) in [4.78, 5) is 1.51. The predicted octanol–water partition coefficient (Wildman–Crippen LogP) is 4.22. The van der Waals surface area contributed by atoms with Gasteiger partial charge in [-0.05, 0) is 67.4 Å². The van der Waals surface area contributed by atoms with Crippen LogP contribution in [0.1, 0.15) is 38.5 Å². The smallest absolute Gasteiger partial charge is 0.0285 e. The molecule has 0 saturated heterocycles. The van der Waals surface area contributed by atoms with Gasteiger partial charge in [0.05, 0.1) is 0 Å². The average Bonchev–Trinajstić information content (AvgIpc) is 2.80. The van der Waals surface area contributed by atoms with Gasteiger partial charge < -0.3 is 5.32 Å². The van der Waals surface area contributed by atoms with E-state index in [0.29, 0.717) is 5.41 Å². The van der Waals surface area contributed by atoms with Crippen LogP contribution in [0.2, 0.25) is 0 Å². The Morgan fingerprint density at radius 2 is 2.12 bits per heavy atom. The van der Waals surface area contributed by atoms with Crippen molar-refractivity contribution in [2.24, 2.45) is 5.41 Å². The Balaban J connectivity index is 1.89. The molecular formula is C13H20BrNS. The molecule has 0 spiro atoms. The normalized spacial score (nSPS) is 18.8. The molecule has 0 aromatic carbocycles. The highest BCUT2D eigenvalue weighted by atomic mass is 79.9. The lowest BCUT2D eigenvalue weighted by atomic mass is 9.99. The van der Waals surface area contributed by atoms with E-state index in [1.54, 1.807) is 0 Å². The van der Waals surface area contributed by atoms with Crippen LogP contribution in [0.3, 0.4) is 0 Å². The second kappa shape index (κ2) is 4.43. The summed E-state index contributed by atoms with van der Waals surface area (Å²) in [5, 5.41) is 5.83. The molecule has 0 unspecified atom stereocenters. The summed E-state index contributed by atoms with van der Waals surface area (Å²) in [6, 6.07) is 2.27. The van der Waals surface area contributed by atoms with E-state index in [-0.39, 0.29) is 5.54 Å². The zero-order chi connectivity index (χ0) is 11.8. The summed E-state index contributed by atoms with van der Waals surface area (Å²) in [7, 11) is 0. The van der Waals surface area contributed by atoms with Gasteiger partial charge >= 0.3 is 0 Å². The second-order valence-electron chi connectivity index (χ2n) is 6.01. The van der Waals surface area contributed by atoms with Crippen molar-refractivity contribution in [3.63, 3.8) is 0 Å². The van der Waals surface area contributed by atoms with Crippen LogP contribution in [0.15, 0.2) is 15.9 Å². The van der Waals surface area contributed by atoms with Crippen molar-refractivity contribution >= 4 is 27.3 Å². The molecule has 0 radical (unpaired) electrons. The molecule has 0 bridgehead atoms. The molecule has 3 heteroatoms. The molecule has 1 nitrogen and oxygen atoms in total. The molecule has 16 heavy (non-hydrogen) atoms. The van der Waals surface area contributed by atoms with Gasteiger partial charge in [-0.25, -0.2) is 0 Å². The number of halogens is 1. The Morgan fingerprint density at radius 1 is 1.44 bits per heavy atom. The third-order valence-electron chi connectivity index (χ3n) is 3.12. The lowest BCUT2D eigenvalue weighted by Gasteiger charge is -2.25. The maximum Gasteiger partial charge on any atom is 0.0285 e.